The second kappa shape index (κ2) is 7.57. The Morgan fingerprint density at radius 3 is 2.86 bits per heavy atom. The molecule has 21 heavy (non-hydrogen) atoms. The number of likely N-dealkylation sites (tertiary alicyclic amines) is 1. The van der Waals surface area contributed by atoms with Gasteiger partial charge in [-0.3, -0.25) is 9.69 Å². The van der Waals surface area contributed by atoms with E-state index >= 15 is 0 Å². The summed E-state index contributed by atoms with van der Waals surface area (Å²) in [6, 6.07) is 8.32. The molecular formula is C17H26N2O2. The minimum atomic E-state index is 0.0580. The second-order valence-corrected chi connectivity index (χ2v) is 6.08. The fraction of sp³-hybridized carbons (Fsp3) is 0.588. The lowest BCUT2D eigenvalue weighted by molar-refractivity contribution is -0.116. The molecular weight excluding hydrogens is 264 g/mol. The van der Waals surface area contributed by atoms with Crippen molar-refractivity contribution in [2.45, 2.75) is 39.2 Å². The van der Waals surface area contributed by atoms with E-state index in [4.69, 9.17) is 0 Å². The summed E-state index contributed by atoms with van der Waals surface area (Å²) in [4.78, 5) is 14.4. The van der Waals surface area contributed by atoms with Gasteiger partial charge >= 0.3 is 0 Å². The van der Waals surface area contributed by atoms with E-state index in [9.17, 15) is 9.90 Å². The van der Waals surface area contributed by atoms with E-state index in [-0.39, 0.29) is 12.5 Å². The van der Waals surface area contributed by atoms with Crippen molar-refractivity contribution in [3.8, 4) is 0 Å². The molecule has 1 saturated heterocycles. The summed E-state index contributed by atoms with van der Waals surface area (Å²) < 4.78 is 0. The molecule has 1 amide bonds. The van der Waals surface area contributed by atoms with Crippen LogP contribution in [0, 0.1) is 12.8 Å². The Bertz CT molecular complexity index is 476. The van der Waals surface area contributed by atoms with Crippen LogP contribution in [0.25, 0.3) is 0 Å². The Morgan fingerprint density at radius 2 is 2.14 bits per heavy atom. The molecule has 1 aromatic carbocycles. The van der Waals surface area contributed by atoms with Crippen molar-refractivity contribution < 1.29 is 9.90 Å². The van der Waals surface area contributed by atoms with Crippen molar-refractivity contribution >= 4 is 11.6 Å². The molecule has 4 nitrogen and oxygen atoms in total. The zero-order chi connectivity index (χ0) is 15.2. The number of aliphatic hydroxyl groups excluding tert-OH is 1. The number of piperidine rings is 1. The first-order valence-corrected chi connectivity index (χ1v) is 7.80. The highest BCUT2D eigenvalue weighted by Gasteiger charge is 2.25. The fourth-order valence-corrected chi connectivity index (χ4v) is 2.89. The fourth-order valence-electron chi connectivity index (χ4n) is 2.89. The van der Waals surface area contributed by atoms with Gasteiger partial charge in [-0.05, 0) is 44.2 Å². The van der Waals surface area contributed by atoms with Crippen LogP contribution < -0.4 is 5.32 Å². The van der Waals surface area contributed by atoms with Crippen LogP contribution in [-0.2, 0) is 4.79 Å². The second-order valence-electron chi connectivity index (χ2n) is 6.08. The third-order valence-electron chi connectivity index (χ3n) is 4.41. The van der Waals surface area contributed by atoms with E-state index in [1.807, 2.05) is 31.2 Å². The number of aliphatic hydroxyl groups is 1. The summed E-state index contributed by atoms with van der Waals surface area (Å²) in [7, 11) is 0. The number of rotatable bonds is 5. The SMILES string of the molecule is Cc1ccccc1NC(=O)CCN1CC(CO)CCC1C. The molecule has 0 bridgehead atoms. The van der Waals surface area contributed by atoms with Gasteiger partial charge in [0.1, 0.15) is 0 Å². The molecule has 0 saturated carbocycles. The van der Waals surface area contributed by atoms with Crippen LogP contribution in [0.4, 0.5) is 5.69 Å². The molecule has 2 N–H and O–H groups in total. The number of amides is 1. The van der Waals surface area contributed by atoms with Crippen molar-refractivity contribution in [2.24, 2.45) is 5.92 Å². The molecule has 0 aromatic heterocycles. The average Bonchev–Trinajstić information content (AvgIpc) is 2.49. The molecule has 1 aliphatic heterocycles. The van der Waals surface area contributed by atoms with Crippen LogP contribution in [0.3, 0.4) is 0 Å². The standard InChI is InChI=1S/C17H26N2O2/c1-13-5-3-4-6-16(13)18-17(21)9-10-19-11-15(12-20)8-7-14(19)2/h3-6,14-15,20H,7-12H2,1-2H3,(H,18,21). The number of anilines is 1. The van der Waals surface area contributed by atoms with Gasteiger partial charge in [0.15, 0.2) is 0 Å². The molecule has 2 atom stereocenters. The van der Waals surface area contributed by atoms with Gasteiger partial charge in [-0.25, -0.2) is 0 Å². The van der Waals surface area contributed by atoms with E-state index in [1.165, 1.54) is 0 Å². The van der Waals surface area contributed by atoms with Gasteiger partial charge in [0.05, 0.1) is 0 Å². The van der Waals surface area contributed by atoms with Gasteiger partial charge in [-0.1, -0.05) is 18.2 Å². The topological polar surface area (TPSA) is 52.6 Å². The maximum Gasteiger partial charge on any atom is 0.225 e. The van der Waals surface area contributed by atoms with Crippen LogP contribution in [0.2, 0.25) is 0 Å². The average molecular weight is 290 g/mol. The Labute approximate surface area is 127 Å². The van der Waals surface area contributed by atoms with Gasteiger partial charge in [-0.15, -0.1) is 0 Å². The van der Waals surface area contributed by atoms with Gasteiger partial charge in [0.25, 0.3) is 0 Å². The number of carbonyl (C=O) groups excluding carboxylic acids is 1. The van der Waals surface area contributed by atoms with Crippen LogP contribution >= 0.6 is 0 Å². The van der Waals surface area contributed by atoms with Crippen LogP contribution in [0.15, 0.2) is 24.3 Å². The van der Waals surface area contributed by atoms with Gasteiger partial charge in [-0.2, -0.15) is 0 Å². The summed E-state index contributed by atoms with van der Waals surface area (Å²) in [5, 5.41) is 12.3. The lowest BCUT2D eigenvalue weighted by Gasteiger charge is -2.37. The minimum absolute atomic E-state index is 0.0580. The van der Waals surface area contributed by atoms with E-state index in [0.29, 0.717) is 18.4 Å². The summed E-state index contributed by atoms with van der Waals surface area (Å²) in [6.07, 6.45) is 2.69. The van der Waals surface area contributed by atoms with Crippen molar-refractivity contribution in [3.05, 3.63) is 29.8 Å². The lowest BCUT2D eigenvalue weighted by Crippen LogP contribution is -2.43. The highest BCUT2D eigenvalue weighted by Crippen LogP contribution is 2.21. The molecule has 1 aliphatic rings. The maximum absolute atomic E-state index is 12.1. The maximum atomic E-state index is 12.1. The summed E-state index contributed by atoms with van der Waals surface area (Å²) in [5.74, 6) is 0.420. The summed E-state index contributed by atoms with van der Waals surface area (Å²) in [5.41, 5.74) is 1.97. The quantitative estimate of drug-likeness (QED) is 0.875. The third kappa shape index (κ3) is 4.55. The van der Waals surface area contributed by atoms with Crippen molar-refractivity contribution in [2.75, 3.05) is 25.0 Å². The van der Waals surface area contributed by atoms with Crippen molar-refractivity contribution in [3.63, 3.8) is 0 Å². The number of benzene rings is 1. The molecule has 1 aromatic rings. The molecule has 4 heteroatoms. The predicted molar refractivity (Wildman–Crippen MR) is 85.3 cm³/mol. The number of nitrogens with one attached hydrogen (secondary N) is 1. The number of carbonyl (C=O) groups is 1. The highest BCUT2D eigenvalue weighted by molar-refractivity contribution is 5.91. The summed E-state index contributed by atoms with van der Waals surface area (Å²) >= 11 is 0. The minimum Gasteiger partial charge on any atom is -0.396 e. The lowest BCUT2D eigenvalue weighted by atomic mass is 9.94. The Balaban J connectivity index is 1.82. The zero-order valence-corrected chi connectivity index (χ0v) is 13.0. The number of para-hydroxylation sites is 1. The van der Waals surface area contributed by atoms with Crippen LogP contribution in [-0.4, -0.2) is 41.7 Å². The largest absolute Gasteiger partial charge is 0.396 e. The third-order valence-corrected chi connectivity index (χ3v) is 4.41. The predicted octanol–water partition coefficient (Wildman–Crippen LogP) is 2.42. The van der Waals surface area contributed by atoms with E-state index < -0.39 is 0 Å². The molecule has 2 rings (SSSR count). The van der Waals surface area contributed by atoms with Gasteiger partial charge < -0.3 is 10.4 Å². The number of aryl methyl sites for hydroxylation is 1. The molecule has 0 radical (unpaired) electrons. The molecule has 0 spiro atoms. The van der Waals surface area contributed by atoms with Gasteiger partial charge in [0.2, 0.25) is 5.91 Å². The molecule has 116 valence electrons. The Morgan fingerprint density at radius 1 is 1.38 bits per heavy atom. The zero-order valence-electron chi connectivity index (χ0n) is 13.0. The highest BCUT2D eigenvalue weighted by atomic mass is 16.3. The first-order valence-electron chi connectivity index (χ1n) is 7.80. The summed E-state index contributed by atoms with van der Waals surface area (Å²) in [6.45, 7) is 6.10. The Kier molecular flexibility index (Phi) is 5.76. The first kappa shape index (κ1) is 16.0. The van der Waals surface area contributed by atoms with E-state index in [2.05, 4.69) is 17.1 Å². The normalized spacial score (nSPS) is 23.0. The van der Waals surface area contributed by atoms with Crippen LogP contribution in [0.1, 0.15) is 31.7 Å². The Hall–Kier alpha value is -1.39. The van der Waals surface area contributed by atoms with Crippen molar-refractivity contribution in [1.29, 1.82) is 0 Å². The molecule has 1 heterocycles. The van der Waals surface area contributed by atoms with Crippen molar-refractivity contribution in [1.82, 2.24) is 4.90 Å². The number of hydrogen-bond donors (Lipinski definition) is 2. The smallest absolute Gasteiger partial charge is 0.225 e. The molecule has 1 fully saturated rings. The molecule has 0 aliphatic carbocycles. The number of hydrogen-bond acceptors (Lipinski definition) is 3. The van der Waals surface area contributed by atoms with E-state index in [1.54, 1.807) is 0 Å². The number of nitrogens with zero attached hydrogens (tertiary/aromatic N) is 1. The van der Waals surface area contributed by atoms with E-state index in [0.717, 1.165) is 37.2 Å². The monoisotopic (exact) mass is 290 g/mol. The van der Waals surface area contributed by atoms with Gasteiger partial charge in [0, 0.05) is 37.8 Å². The first-order chi connectivity index (χ1) is 10.1. The van der Waals surface area contributed by atoms with Crippen LogP contribution in [0.5, 0.6) is 0 Å². The molecule has 2 unspecified atom stereocenters.